The summed E-state index contributed by atoms with van der Waals surface area (Å²) < 4.78 is 0. The Hall–Kier alpha value is -0.700. The topological polar surface area (TPSA) is 0 Å². The number of rotatable bonds is 5. The highest BCUT2D eigenvalue weighted by atomic mass is 14.0. The van der Waals surface area contributed by atoms with Crippen LogP contribution in [0.1, 0.15) is 32.6 Å². The Morgan fingerprint density at radius 1 is 1.60 bits per heavy atom. The van der Waals surface area contributed by atoms with Gasteiger partial charge < -0.3 is 0 Å². The third-order valence-electron chi connectivity index (χ3n) is 1.65. The molecule has 0 saturated heterocycles. The van der Waals surface area contributed by atoms with E-state index in [0.717, 1.165) is 25.2 Å². The number of allylic oxidation sites excluding steroid dienone is 1. The molecule has 0 amide bonds. The van der Waals surface area contributed by atoms with Gasteiger partial charge in [-0.3, -0.25) is 0 Å². The molecule has 0 aromatic heterocycles. The van der Waals surface area contributed by atoms with Crippen LogP contribution < -0.4 is 0 Å². The van der Waals surface area contributed by atoms with E-state index in [1.54, 1.807) is 0 Å². The van der Waals surface area contributed by atoms with Crippen molar-refractivity contribution in [3.63, 3.8) is 0 Å². The van der Waals surface area contributed by atoms with Crippen molar-refractivity contribution in [1.29, 1.82) is 0 Å². The number of hydrogen-bond donors (Lipinski definition) is 0. The minimum absolute atomic E-state index is 0.758. The summed E-state index contributed by atoms with van der Waals surface area (Å²) >= 11 is 0. The standard InChI is InChI=1S/C10H16/c1-4-6-8-10(3)9-7-5-2/h1,5,10H,2,6-9H2,3H3. The third-order valence-corrected chi connectivity index (χ3v) is 1.65. The zero-order chi connectivity index (χ0) is 7.82. The minimum Gasteiger partial charge on any atom is -0.120 e. The van der Waals surface area contributed by atoms with E-state index in [0.29, 0.717) is 0 Å². The van der Waals surface area contributed by atoms with E-state index in [9.17, 15) is 0 Å². The van der Waals surface area contributed by atoms with Crippen molar-refractivity contribution in [2.24, 2.45) is 5.92 Å². The first-order valence-corrected chi connectivity index (χ1v) is 3.85. The quantitative estimate of drug-likeness (QED) is 0.402. The molecule has 0 nitrogen and oxygen atoms in total. The van der Waals surface area contributed by atoms with Gasteiger partial charge in [-0.15, -0.1) is 18.9 Å². The lowest BCUT2D eigenvalue weighted by Crippen LogP contribution is -1.92. The summed E-state index contributed by atoms with van der Waals surface area (Å²) in [6.45, 7) is 5.91. The first kappa shape index (κ1) is 9.30. The molecule has 1 unspecified atom stereocenters. The van der Waals surface area contributed by atoms with Crippen molar-refractivity contribution < 1.29 is 0 Å². The lowest BCUT2D eigenvalue weighted by molar-refractivity contribution is 0.505. The summed E-state index contributed by atoms with van der Waals surface area (Å²) in [7, 11) is 0. The van der Waals surface area contributed by atoms with Crippen LogP contribution in [-0.2, 0) is 0 Å². The van der Waals surface area contributed by atoms with Crippen molar-refractivity contribution in [3.05, 3.63) is 12.7 Å². The predicted octanol–water partition coefficient (Wildman–Crippen LogP) is 3.00. The van der Waals surface area contributed by atoms with Gasteiger partial charge in [0.15, 0.2) is 0 Å². The van der Waals surface area contributed by atoms with Gasteiger partial charge in [-0.25, -0.2) is 0 Å². The average molecular weight is 136 g/mol. The molecule has 0 rings (SSSR count). The Balaban J connectivity index is 3.17. The molecule has 1 atom stereocenters. The second-order valence-electron chi connectivity index (χ2n) is 2.71. The van der Waals surface area contributed by atoms with Crippen LogP contribution in [0.15, 0.2) is 12.7 Å². The molecular formula is C10H16. The normalized spacial score (nSPS) is 12.0. The third kappa shape index (κ3) is 5.44. The van der Waals surface area contributed by atoms with E-state index in [1.165, 1.54) is 6.42 Å². The first-order valence-electron chi connectivity index (χ1n) is 3.85. The maximum atomic E-state index is 5.14. The molecule has 0 aromatic carbocycles. The highest BCUT2D eigenvalue weighted by Gasteiger charge is 1.97. The second kappa shape index (κ2) is 6.42. The molecule has 0 heteroatoms. The smallest absolute Gasteiger partial charge is 0.00885 e. The SMILES string of the molecule is C#CCCC(C)CCC=C. The van der Waals surface area contributed by atoms with Gasteiger partial charge in [0, 0.05) is 6.42 Å². The predicted molar refractivity (Wildman–Crippen MR) is 46.7 cm³/mol. The maximum Gasteiger partial charge on any atom is 0.00885 e. The van der Waals surface area contributed by atoms with Crippen molar-refractivity contribution in [1.82, 2.24) is 0 Å². The monoisotopic (exact) mass is 136 g/mol. The number of terminal acetylenes is 1. The molecule has 0 aliphatic heterocycles. The van der Waals surface area contributed by atoms with Crippen molar-refractivity contribution in [2.75, 3.05) is 0 Å². The van der Waals surface area contributed by atoms with E-state index in [2.05, 4.69) is 19.4 Å². The van der Waals surface area contributed by atoms with Gasteiger partial charge in [0.1, 0.15) is 0 Å². The second-order valence-corrected chi connectivity index (χ2v) is 2.71. The first-order chi connectivity index (χ1) is 4.81. The van der Waals surface area contributed by atoms with Crippen molar-refractivity contribution in [3.8, 4) is 12.3 Å². The summed E-state index contributed by atoms with van der Waals surface area (Å²) in [6.07, 6.45) is 11.5. The molecular weight excluding hydrogens is 120 g/mol. The van der Waals surface area contributed by atoms with Gasteiger partial charge in [0.25, 0.3) is 0 Å². The molecule has 10 heavy (non-hydrogen) atoms. The van der Waals surface area contributed by atoms with Crippen LogP contribution in [0.4, 0.5) is 0 Å². The molecule has 0 aromatic rings. The maximum absolute atomic E-state index is 5.14. The highest BCUT2D eigenvalue weighted by Crippen LogP contribution is 2.11. The van der Waals surface area contributed by atoms with E-state index < -0.39 is 0 Å². The van der Waals surface area contributed by atoms with Gasteiger partial charge in [-0.2, -0.15) is 0 Å². The summed E-state index contributed by atoms with van der Waals surface area (Å²) in [6, 6.07) is 0. The Labute approximate surface area is 64.3 Å². The fourth-order valence-corrected chi connectivity index (χ4v) is 0.876. The molecule has 0 bridgehead atoms. The fourth-order valence-electron chi connectivity index (χ4n) is 0.876. The van der Waals surface area contributed by atoms with E-state index in [-0.39, 0.29) is 0 Å². The summed E-state index contributed by atoms with van der Waals surface area (Å²) in [4.78, 5) is 0. The minimum atomic E-state index is 0.758. The Bertz CT molecular complexity index is 116. The van der Waals surface area contributed by atoms with Crippen LogP contribution in [0.3, 0.4) is 0 Å². The van der Waals surface area contributed by atoms with Crippen LogP contribution in [0.2, 0.25) is 0 Å². The zero-order valence-corrected chi connectivity index (χ0v) is 6.77. The molecule has 0 radical (unpaired) electrons. The lowest BCUT2D eigenvalue weighted by Gasteiger charge is -2.05. The molecule has 0 saturated carbocycles. The Kier molecular flexibility index (Phi) is 5.97. The van der Waals surface area contributed by atoms with Crippen LogP contribution in [0.5, 0.6) is 0 Å². The van der Waals surface area contributed by atoms with Crippen LogP contribution in [0, 0.1) is 18.3 Å². The zero-order valence-electron chi connectivity index (χ0n) is 6.77. The Morgan fingerprint density at radius 2 is 2.30 bits per heavy atom. The molecule has 0 heterocycles. The Morgan fingerprint density at radius 3 is 2.80 bits per heavy atom. The van der Waals surface area contributed by atoms with Crippen LogP contribution >= 0.6 is 0 Å². The molecule has 56 valence electrons. The molecule has 0 aliphatic rings. The lowest BCUT2D eigenvalue weighted by atomic mass is 10.0. The summed E-state index contributed by atoms with van der Waals surface area (Å²) in [5, 5.41) is 0. The van der Waals surface area contributed by atoms with E-state index in [4.69, 9.17) is 6.42 Å². The highest BCUT2D eigenvalue weighted by molar-refractivity contribution is 4.84. The molecule has 0 N–H and O–H groups in total. The van der Waals surface area contributed by atoms with Gasteiger partial charge in [-0.1, -0.05) is 13.0 Å². The molecule has 0 spiro atoms. The van der Waals surface area contributed by atoms with Crippen molar-refractivity contribution >= 4 is 0 Å². The van der Waals surface area contributed by atoms with Gasteiger partial charge in [-0.05, 0) is 25.2 Å². The van der Waals surface area contributed by atoms with E-state index in [1.807, 2.05) is 6.08 Å². The summed E-state index contributed by atoms with van der Waals surface area (Å²) in [5.41, 5.74) is 0. The molecule has 0 fully saturated rings. The fraction of sp³-hybridized carbons (Fsp3) is 0.600. The van der Waals surface area contributed by atoms with Gasteiger partial charge in [0.05, 0.1) is 0 Å². The van der Waals surface area contributed by atoms with Gasteiger partial charge in [0.2, 0.25) is 0 Å². The van der Waals surface area contributed by atoms with E-state index >= 15 is 0 Å². The molecule has 0 aliphatic carbocycles. The largest absolute Gasteiger partial charge is 0.120 e. The van der Waals surface area contributed by atoms with Crippen LogP contribution in [0.25, 0.3) is 0 Å². The number of hydrogen-bond acceptors (Lipinski definition) is 0. The average Bonchev–Trinajstić information content (AvgIpc) is 1.97. The van der Waals surface area contributed by atoms with Crippen LogP contribution in [-0.4, -0.2) is 0 Å². The van der Waals surface area contributed by atoms with Crippen molar-refractivity contribution in [2.45, 2.75) is 32.6 Å². The summed E-state index contributed by atoms with van der Waals surface area (Å²) in [5.74, 6) is 3.41. The van der Waals surface area contributed by atoms with Gasteiger partial charge >= 0.3 is 0 Å².